The smallest absolute Gasteiger partial charge is 0.119 e. The highest BCUT2D eigenvalue weighted by atomic mass is 16.5. The first-order valence-electron chi connectivity index (χ1n) is 8.07. The molecule has 0 aliphatic heterocycles. The Morgan fingerprint density at radius 3 is 2.90 bits per heavy atom. The van der Waals surface area contributed by atoms with E-state index in [1.165, 1.54) is 24.0 Å². The van der Waals surface area contributed by atoms with Crippen LogP contribution in [0.5, 0.6) is 5.75 Å². The Morgan fingerprint density at radius 2 is 2.19 bits per heavy atom. The van der Waals surface area contributed by atoms with Gasteiger partial charge in [-0.25, -0.2) is 0 Å². The maximum absolute atomic E-state index is 8.99. The Bertz CT molecular complexity index is 457. The van der Waals surface area contributed by atoms with E-state index in [4.69, 9.17) is 9.84 Å². The van der Waals surface area contributed by atoms with E-state index in [0.717, 1.165) is 31.6 Å². The van der Waals surface area contributed by atoms with Crippen LogP contribution in [0.1, 0.15) is 56.7 Å². The average Bonchev–Trinajstić information content (AvgIpc) is 2.50. The van der Waals surface area contributed by atoms with Gasteiger partial charge in [0.25, 0.3) is 0 Å². The van der Waals surface area contributed by atoms with Crippen molar-refractivity contribution in [2.75, 3.05) is 20.3 Å². The van der Waals surface area contributed by atoms with Gasteiger partial charge in [0.15, 0.2) is 0 Å². The third-order valence-electron chi connectivity index (χ3n) is 4.50. The fourth-order valence-electron chi connectivity index (χ4n) is 3.18. The molecule has 0 fully saturated rings. The van der Waals surface area contributed by atoms with Crippen LogP contribution in [0.4, 0.5) is 0 Å². The van der Waals surface area contributed by atoms with Gasteiger partial charge in [0, 0.05) is 19.2 Å². The fourth-order valence-corrected chi connectivity index (χ4v) is 3.18. The summed E-state index contributed by atoms with van der Waals surface area (Å²) in [4.78, 5) is 0. The molecule has 0 amide bonds. The van der Waals surface area contributed by atoms with Gasteiger partial charge in [-0.1, -0.05) is 19.9 Å². The number of aliphatic hydroxyl groups is 1. The van der Waals surface area contributed by atoms with E-state index < -0.39 is 0 Å². The first-order valence-corrected chi connectivity index (χ1v) is 8.07. The summed E-state index contributed by atoms with van der Waals surface area (Å²) in [6, 6.07) is 6.91. The lowest BCUT2D eigenvalue weighted by atomic mass is 9.84. The van der Waals surface area contributed by atoms with E-state index in [9.17, 15) is 0 Å². The summed E-state index contributed by atoms with van der Waals surface area (Å²) in [5.74, 6) is 0.956. The SMILES string of the molecule is COc1ccc2c(c1)CCCC2NCC(C)(C)CCCO. The normalized spacial score (nSPS) is 18.4. The Morgan fingerprint density at radius 1 is 1.38 bits per heavy atom. The van der Waals surface area contributed by atoms with Gasteiger partial charge in [-0.05, 0) is 60.8 Å². The number of hydrogen-bond donors (Lipinski definition) is 2. The molecular weight excluding hydrogens is 262 g/mol. The summed E-state index contributed by atoms with van der Waals surface area (Å²) >= 11 is 0. The highest BCUT2D eigenvalue weighted by Gasteiger charge is 2.23. The second-order valence-electron chi connectivity index (χ2n) is 6.88. The highest BCUT2D eigenvalue weighted by Crippen LogP contribution is 2.33. The number of benzene rings is 1. The standard InChI is InChI=1S/C18H29NO2/c1-18(2,10-5-11-20)13-19-17-7-4-6-14-12-15(21-3)8-9-16(14)17/h8-9,12,17,19-20H,4-7,10-11,13H2,1-3H3. The zero-order valence-electron chi connectivity index (χ0n) is 13.6. The molecule has 21 heavy (non-hydrogen) atoms. The molecule has 2 N–H and O–H groups in total. The molecule has 0 aromatic heterocycles. The zero-order valence-corrected chi connectivity index (χ0v) is 13.6. The Labute approximate surface area is 128 Å². The molecule has 0 bridgehead atoms. The maximum atomic E-state index is 8.99. The molecule has 1 aliphatic rings. The molecule has 1 atom stereocenters. The summed E-state index contributed by atoms with van der Waals surface area (Å²) in [7, 11) is 1.73. The van der Waals surface area contributed by atoms with Gasteiger partial charge in [-0.3, -0.25) is 0 Å². The number of rotatable bonds is 7. The van der Waals surface area contributed by atoms with Crippen molar-refractivity contribution in [3.63, 3.8) is 0 Å². The van der Waals surface area contributed by atoms with Crippen molar-refractivity contribution < 1.29 is 9.84 Å². The van der Waals surface area contributed by atoms with Crippen LogP contribution < -0.4 is 10.1 Å². The number of aryl methyl sites for hydroxylation is 1. The molecule has 0 saturated carbocycles. The monoisotopic (exact) mass is 291 g/mol. The van der Waals surface area contributed by atoms with E-state index in [2.05, 4.69) is 37.4 Å². The van der Waals surface area contributed by atoms with Crippen molar-refractivity contribution in [3.8, 4) is 5.75 Å². The predicted octanol–water partition coefficient (Wildman–Crippen LogP) is 3.46. The fraction of sp³-hybridized carbons (Fsp3) is 0.667. The lowest BCUT2D eigenvalue weighted by molar-refractivity contribution is 0.229. The van der Waals surface area contributed by atoms with Crippen LogP contribution in [0, 0.1) is 5.41 Å². The van der Waals surface area contributed by atoms with Gasteiger partial charge in [0.05, 0.1) is 7.11 Å². The van der Waals surface area contributed by atoms with Crippen molar-refractivity contribution in [1.29, 1.82) is 0 Å². The van der Waals surface area contributed by atoms with Crippen LogP contribution in [0.15, 0.2) is 18.2 Å². The van der Waals surface area contributed by atoms with Crippen LogP contribution in [-0.4, -0.2) is 25.4 Å². The molecule has 1 aliphatic carbocycles. The maximum Gasteiger partial charge on any atom is 0.119 e. The van der Waals surface area contributed by atoms with Gasteiger partial charge in [-0.15, -0.1) is 0 Å². The zero-order chi connectivity index (χ0) is 15.3. The second kappa shape index (κ2) is 7.28. The van der Waals surface area contributed by atoms with Gasteiger partial charge in [0.1, 0.15) is 5.75 Å². The number of fused-ring (bicyclic) bond motifs is 1. The van der Waals surface area contributed by atoms with Crippen LogP contribution in [0.2, 0.25) is 0 Å². The Hall–Kier alpha value is -1.06. The molecule has 2 rings (SSSR count). The van der Waals surface area contributed by atoms with Gasteiger partial charge in [-0.2, -0.15) is 0 Å². The second-order valence-corrected chi connectivity index (χ2v) is 6.88. The molecule has 0 heterocycles. The van der Waals surface area contributed by atoms with Gasteiger partial charge >= 0.3 is 0 Å². The minimum absolute atomic E-state index is 0.229. The summed E-state index contributed by atoms with van der Waals surface area (Å²) in [6.07, 6.45) is 5.52. The van der Waals surface area contributed by atoms with Gasteiger partial charge in [0.2, 0.25) is 0 Å². The van der Waals surface area contributed by atoms with E-state index >= 15 is 0 Å². The van der Waals surface area contributed by atoms with E-state index in [1.807, 2.05) is 0 Å². The molecule has 3 heteroatoms. The Kier molecular flexibility index (Phi) is 5.65. The summed E-state index contributed by atoms with van der Waals surface area (Å²) in [5, 5.41) is 12.7. The number of methoxy groups -OCH3 is 1. The Balaban J connectivity index is 2.00. The summed E-state index contributed by atoms with van der Waals surface area (Å²) < 4.78 is 5.33. The summed E-state index contributed by atoms with van der Waals surface area (Å²) in [6.45, 7) is 5.82. The van der Waals surface area contributed by atoms with Crippen LogP contribution >= 0.6 is 0 Å². The predicted molar refractivity (Wildman–Crippen MR) is 86.8 cm³/mol. The largest absolute Gasteiger partial charge is 0.497 e. The van der Waals surface area contributed by atoms with E-state index in [1.54, 1.807) is 7.11 Å². The lowest BCUT2D eigenvalue weighted by Gasteiger charge is -2.31. The molecule has 0 spiro atoms. The molecule has 1 aromatic rings. The first kappa shape index (κ1) is 16.3. The minimum atomic E-state index is 0.229. The highest BCUT2D eigenvalue weighted by molar-refractivity contribution is 5.39. The van der Waals surface area contributed by atoms with Crippen molar-refractivity contribution in [3.05, 3.63) is 29.3 Å². The number of hydrogen-bond acceptors (Lipinski definition) is 3. The minimum Gasteiger partial charge on any atom is -0.497 e. The molecule has 1 unspecified atom stereocenters. The van der Waals surface area contributed by atoms with E-state index in [0.29, 0.717) is 6.04 Å². The molecular formula is C18H29NO2. The number of ether oxygens (including phenoxy) is 1. The van der Waals surface area contributed by atoms with Crippen molar-refractivity contribution in [2.24, 2.45) is 5.41 Å². The molecule has 0 radical (unpaired) electrons. The molecule has 118 valence electrons. The number of nitrogens with one attached hydrogen (secondary N) is 1. The third-order valence-corrected chi connectivity index (χ3v) is 4.50. The molecule has 0 saturated heterocycles. The van der Waals surface area contributed by atoms with Crippen LogP contribution in [0.25, 0.3) is 0 Å². The molecule has 1 aromatic carbocycles. The van der Waals surface area contributed by atoms with Crippen LogP contribution in [0.3, 0.4) is 0 Å². The van der Waals surface area contributed by atoms with Crippen LogP contribution in [-0.2, 0) is 6.42 Å². The quantitative estimate of drug-likeness (QED) is 0.808. The number of aliphatic hydroxyl groups excluding tert-OH is 1. The third kappa shape index (κ3) is 4.45. The first-order chi connectivity index (χ1) is 10.1. The van der Waals surface area contributed by atoms with Crippen molar-refractivity contribution in [1.82, 2.24) is 5.32 Å². The molecule has 3 nitrogen and oxygen atoms in total. The summed E-state index contributed by atoms with van der Waals surface area (Å²) in [5.41, 5.74) is 3.08. The topological polar surface area (TPSA) is 41.5 Å². The average molecular weight is 291 g/mol. The van der Waals surface area contributed by atoms with E-state index in [-0.39, 0.29) is 12.0 Å². The van der Waals surface area contributed by atoms with Crippen molar-refractivity contribution in [2.45, 2.75) is 52.0 Å². The van der Waals surface area contributed by atoms with Gasteiger partial charge < -0.3 is 15.2 Å². The van der Waals surface area contributed by atoms with Crippen molar-refractivity contribution >= 4 is 0 Å². The lowest BCUT2D eigenvalue weighted by Crippen LogP contribution is -2.34.